The maximum Gasteiger partial charge on any atom is 0.319 e. The van der Waals surface area contributed by atoms with Crippen molar-refractivity contribution in [2.24, 2.45) is 0 Å². The van der Waals surface area contributed by atoms with Gasteiger partial charge in [-0.15, -0.1) is 0 Å². The molecule has 0 saturated carbocycles. The third kappa shape index (κ3) is 7.38. The summed E-state index contributed by atoms with van der Waals surface area (Å²) >= 11 is 4.96. The van der Waals surface area contributed by atoms with Crippen molar-refractivity contribution >= 4 is 56.9 Å². The van der Waals surface area contributed by atoms with E-state index in [0.717, 1.165) is 0 Å². The molecule has 9 heteroatoms. The summed E-state index contributed by atoms with van der Waals surface area (Å²) in [6.45, 7) is 2.34. The fourth-order valence-electron chi connectivity index (χ4n) is 2.63. The lowest BCUT2D eigenvalue weighted by atomic mass is 10.1. The van der Waals surface area contributed by atoms with E-state index < -0.39 is 6.04 Å². The molecule has 0 aliphatic rings. The molecular weight excluding hydrogens is 468 g/mol. The molecule has 4 amide bonds. The predicted octanol–water partition coefficient (Wildman–Crippen LogP) is 4.08. The van der Waals surface area contributed by atoms with Gasteiger partial charge in [-0.05, 0) is 71.6 Å². The smallest absolute Gasteiger partial charge is 0.319 e. The molecule has 2 aromatic carbocycles. The van der Waals surface area contributed by atoms with Crippen LogP contribution in [0.4, 0.5) is 16.2 Å². The van der Waals surface area contributed by atoms with Gasteiger partial charge in [0.05, 0.1) is 5.56 Å². The first kappa shape index (κ1) is 23.8. The molecule has 0 saturated heterocycles. The molecule has 0 spiro atoms. The number of urea groups is 1. The highest BCUT2D eigenvalue weighted by Crippen LogP contribution is 2.18. The zero-order chi connectivity index (χ0) is 21.9. The fraction of sp³-hybridized carbons (Fsp3) is 0.286. The Kier molecular flexibility index (Phi) is 9.69. The van der Waals surface area contributed by atoms with Gasteiger partial charge in [0.25, 0.3) is 5.91 Å². The number of carbonyl (C=O) groups excluding carboxylic acids is 3. The second kappa shape index (κ2) is 12.2. The molecule has 160 valence electrons. The zero-order valence-electron chi connectivity index (χ0n) is 16.8. The second-order valence-electron chi connectivity index (χ2n) is 6.34. The standard InChI is InChI=1S/C21H25BrN4O3S/c1-3-23-21(29)25-15-8-6-7-14(13-15)24-20(28)18(11-12-30-2)26-19(27)16-9-4-5-10-17(16)22/h4-10,13,18H,3,11-12H2,1-2H3,(H,24,28)(H,26,27)(H2,23,25,29). The third-order valence-electron chi connectivity index (χ3n) is 4.08. The Hall–Kier alpha value is -2.52. The van der Waals surface area contributed by atoms with E-state index in [1.165, 1.54) is 0 Å². The van der Waals surface area contributed by atoms with Crippen molar-refractivity contribution in [2.45, 2.75) is 19.4 Å². The first-order valence-electron chi connectivity index (χ1n) is 9.44. The minimum atomic E-state index is -0.697. The summed E-state index contributed by atoms with van der Waals surface area (Å²) in [6, 6.07) is 12.9. The molecule has 30 heavy (non-hydrogen) atoms. The minimum absolute atomic E-state index is 0.320. The Morgan fingerprint density at radius 1 is 1.03 bits per heavy atom. The number of thioether (sulfide) groups is 1. The van der Waals surface area contributed by atoms with E-state index in [4.69, 9.17) is 0 Å². The molecule has 0 heterocycles. The van der Waals surface area contributed by atoms with Crippen molar-refractivity contribution in [1.82, 2.24) is 10.6 Å². The highest BCUT2D eigenvalue weighted by molar-refractivity contribution is 9.10. The average Bonchev–Trinajstić information content (AvgIpc) is 2.71. The van der Waals surface area contributed by atoms with E-state index in [1.54, 1.807) is 54.2 Å². The zero-order valence-corrected chi connectivity index (χ0v) is 19.2. The molecule has 0 radical (unpaired) electrons. The lowest BCUT2D eigenvalue weighted by Crippen LogP contribution is -2.44. The molecule has 2 aromatic rings. The van der Waals surface area contributed by atoms with Gasteiger partial charge in [0.15, 0.2) is 0 Å². The van der Waals surface area contributed by atoms with Gasteiger partial charge in [0.2, 0.25) is 5.91 Å². The number of hydrogen-bond acceptors (Lipinski definition) is 4. The van der Waals surface area contributed by atoms with Gasteiger partial charge in [-0.2, -0.15) is 11.8 Å². The molecule has 0 fully saturated rings. The van der Waals surface area contributed by atoms with E-state index in [0.29, 0.717) is 40.1 Å². The van der Waals surface area contributed by atoms with Crippen LogP contribution >= 0.6 is 27.7 Å². The summed E-state index contributed by atoms with van der Waals surface area (Å²) in [5.41, 5.74) is 1.54. The number of amides is 4. The van der Waals surface area contributed by atoms with Crippen molar-refractivity contribution in [3.05, 3.63) is 58.6 Å². The normalized spacial score (nSPS) is 11.3. The molecule has 0 aromatic heterocycles. The summed E-state index contributed by atoms with van der Waals surface area (Å²) in [5.74, 6) is 0.0719. The third-order valence-corrected chi connectivity index (χ3v) is 5.41. The lowest BCUT2D eigenvalue weighted by Gasteiger charge is -2.19. The van der Waals surface area contributed by atoms with Gasteiger partial charge >= 0.3 is 6.03 Å². The summed E-state index contributed by atoms with van der Waals surface area (Å²) in [5, 5.41) is 11.0. The van der Waals surface area contributed by atoms with E-state index >= 15 is 0 Å². The van der Waals surface area contributed by atoms with Crippen LogP contribution in [0, 0.1) is 0 Å². The summed E-state index contributed by atoms with van der Waals surface area (Å²) < 4.78 is 0.663. The number of hydrogen-bond donors (Lipinski definition) is 4. The van der Waals surface area contributed by atoms with Crippen molar-refractivity contribution in [1.29, 1.82) is 0 Å². The van der Waals surface area contributed by atoms with E-state index in [2.05, 4.69) is 37.2 Å². The van der Waals surface area contributed by atoms with Crippen molar-refractivity contribution in [2.75, 3.05) is 29.2 Å². The second-order valence-corrected chi connectivity index (χ2v) is 8.18. The highest BCUT2D eigenvalue weighted by Gasteiger charge is 2.22. The summed E-state index contributed by atoms with van der Waals surface area (Å²) in [6.07, 6.45) is 2.43. The van der Waals surface area contributed by atoms with Crippen molar-refractivity contribution in [3.63, 3.8) is 0 Å². The molecular formula is C21H25BrN4O3S. The molecule has 2 rings (SSSR count). The Bertz CT molecular complexity index is 894. The van der Waals surface area contributed by atoms with Gasteiger partial charge in [-0.25, -0.2) is 4.79 Å². The van der Waals surface area contributed by atoms with Gasteiger partial charge in [-0.3, -0.25) is 9.59 Å². The first-order valence-corrected chi connectivity index (χ1v) is 11.6. The topological polar surface area (TPSA) is 99.3 Å². The van der Waals surface area contributed by atoms with Crippen LogP contribution in [0.25, 0.3) is 0 Å². The van der Waals surface area contributed by atoms with Gasteiger partial charge < -0.3 is 21.3 Å². The SMILES string of the molecule is CCNC(=O)Nc1cccc(NC(=O)C(CCSC)NC(=O)c2ccccc2Br)c1. The predicted molar refractivity (Wildman–Crippen MR) is 126 cm³/mol. The number of anilines is 2. The van der Waals surface area contributed by atoms with E-state index in [-0.39, 0.29) is 17.8 Å². The van der Waals surface area contributed by atoms with Crippen LogP contribution in [-0.4, -0.2) is 42.4 Å². The summed E-state index contributed by atoms with van der Waals surface area (Å²) in [4.78, 5) is 37.2. The van der Waals surface area contributed by atoms with Gasteiger partial charge in [0, 0.05) is 22.4 Å². The molecule has 0 aliphatic heterocycles. The maximum absolute atomic E-state index is 12.9. The van der Waals surface area contributed by atoms with Crippen LogP contribution in [0.5, 0.6) is 0 Å². The van der Waals surface area contributed by atoms with Crippen LogP contribution in [0.3, 0.4) is 0 Å². The quantitative estimate of drug-likeness (QED) is 0.423. The molecule has 0 aliphatic carbocycles. The Morgan fingerprint density at radius 2 is 1.73 bits per heavy atom. The molecule has 0 bridgehead atoms. The Balaban J connectivity index is 2.09. The number of benzene rings is 2. The van der Waals surface area contributed by atoms with Crippen LogP contribution < -0.4 is 21.3 Å². The Morgan fingerprint density at radius 3 is 2.40 bits per heavy atom. The number of nitrogens with one attached hydrogen (secondary N) is 4. The number of carbonyl (C=O) groups is 3. The van der Waals surface area contributed by atoms with Gasteiger partial charge in [-0.1, -0.05) is 18.2 Å². The highest BCUT2D eigenvalue weighted by atomic mass is 79.9. The number of halogens is 1. The van der Waals surface area contributed by atoms with Crippen LogP contribution in [0.1, 0.15) is 23.7 Å². The van der Waals surface area contributed by atoms with Gasteiger partial charge in [0.1, 0.15) is 6.04 Å². The first-order chi connectivity index (χ1) is 14.4. The van der Waals surface area contributed by atoms with Crippen LogP contribution in [-0.2, 0) is 4.79 Å². The molecule has 1 unspecified atom stereocenters. The Labute approximate surface area is 188 Å². The maximum atomic E-state index is 12.9. The average molecular weight is 493 g/mol. The van der Waals surface area contributed by atoms with Crippen molar-refractivity contribution < 1.29 is 14.4 Å². The minimum Gasteiger partial charge on any atom is -0.340 e. The van der Waals surface area contributed by atoms with Crippen LogP contribution in [0.2, 0.25) is 0 Å². The largest absolute Gasteiger partial charge is 0.340 e. The monoisotopic (exact) mass is 492 g/mol. The summed E-state index contributed by atoms with van der Waals surface area (Å²) in [7, 11) is 0. The van der Waals surface area contributed by atoms with E-state index in [9.17, 15) is 14.4 Å². The molecule has 1 atom stereocenters. The van der Waals surface area contributed by atoms with Crippen molar-refractivity contribution in [3.8, 4) is 0 Å². The van der Waals surface area contributed by atoms with E-state index in [1.807, 2.05) is 19.2 Å². The fourth-order valence-corrected chi connectivity index (χ4v) is 3.56. The van der Waals surface area contributed by atoms with Crippen LogP contribution in [0.15, 0.2) is 53.0 Å². The molecule has 4 N–H and O–H groups in total. The lowest BCUT2D eigenvalue weighted by molar-refractivity contribution is -0.118. The number of rotatable bonds is 9. The molecule has 7 nitrogen and oxygen atoms in total.